The summed E-state index contributed by atoms with van der Waals surface area (Å²) in [7, 11) is 0. The minimum atomic E-state index is -0.254. The number of carbonyl (C=O) groups excluding carboxylic acids is 2. The van der Waals surface area contributed by atoms with Crippen LogP contribution in [0.25, 0.3) is 0 Å². The van der Waals surface area contributed by atoms with E-state index in [0.29, 0.717) is 30.8 Å². The van der Waals surface area contributed by atoms with Crippen LogP contribution in [0.15, 0.2) is 24.3 Å². The van der Waals surface area contributed by atoms with Crippen LogP contribution >= 0.6 is 0 Å². The molecule has 4 aliphatic rings. The van der Waals surface area contributed by atoms with Gasteiger partial charge in [0.05, 0.1) is 6.04 Å². The molecule has 3 atom stereocenters. The molecule has 4 heteroatoms. The molecule has 5 rings (SSSR count). The highest BCUT2D eigenvalue weighted by molar-refractivity contribution is 6.36. The summed E-state index contributed by atoms with van der Waals surface area (Å²) >= 11 is 0. The molecule has 4 heterocycles. The molecule has 4 saturated heterocycles. The highest BCUT2D eigenvalue weighted by Gasteiger charge is 2.55. The number of rotatable bonds is 3. The van der Waals surface area contributed by atoms with Crippen LogP contribution in [0.3, 0.4) is 0 Å². The zero-order chi connectivity index (χ0) is 16.8. The number of hydrogen-bond acceptors (Lipinski definition) is 3. The van der Waals surface area contributed by atoms with Crippen LogP contribution in [0.5, 0.6) is 0 Å². The van der Waals surface area contributed by atoms with Gasteiger partial charge in [-0.15, -0.1) is 0 Å². The predicted molar refractivity (Wildman–Crippen MR) is 92.8 cm³/mol. The summed E-state index contributed by atoms with van der Waals surface area (Å²) < 4.78 is 0. The lowest BCUT2D eigenvalue weighted by Gasteiger charge is -2.51. The zero-order valence-electron chi connectivity index (χ0n) is 14.6. The number of benzene rings is 1. The molecule has 1 aromatic carbocycles. The molecule has 4 nitrogen and oxygen atoms in total. The van der Waals surface area contributed by atoms with Gasteiger partial charge in [0.25, 0.3) is 5.91 Å². The first-order chi connectivity index (χ1) is 11.6. The number of piperidine rings is 3. The van der Waals surface area contributed by atoms with Crippen LogP contribution in [-0.2, 0) is 9.59 Å². The molecule has 128 valence electrons. The lowest BCUT2D eigenvalue weighted by molar-refractivity contribution is -0.147. The van der Waals surface area contributed by atoms with Gasteiger partial charge in [-0.1, -0.05) is 36.8 Å². The topological polar surface area (TPSA) is 40.6 Å². The number of aryl methyl sites for hydroxylation is 1. The van der Waals surface area contributed by atoms with E-state index in [4.69, 9.17) is 0 Å². The Morgan fingerprint density at radius 3 is 2.38 bits per heavy atom. The van der Waals surface area contributed by atoms with Gasteiger partial charge in [-0.05, 0) is 44.3 Å². The molecule has 1 aromatic rings. The van der Waals surface area contributed by atoms with Crippen molar-refractivity contribution in [3.05, 3.63) is 35.4 Å². The van der Waals surface area contributed by atoms with Gasteiger partial charge in [-0.25, -0.2) is 0 Å². The number of ketones is 1. The van der Waals surface area contributed by atoms with Crippen LogP contribution in [-0.4, -0.2) is 53.2 Å². The predicted octanol–water partition coefficient (Wildman–Crippen LogP) is 2.36. The van der Waals surface area contributed by atoms with Crippen LogP contribution in [0.2, 0.25) is 0 Å². The van der Waals surface area contributed by atoms with Crippen molar-refractivity contribution in [1.82, 2.24) is 9.80 Å². The molecule has 0 unspecified atom stereocenters. The molecule has 0 saturated carbocycles. The third-order valence-corrected chi connectivity index (χ3v) is 6.32. The van der Waals surface area contributed by atoms with Gasteiger partial charge in [0.1, 0.15) is 0 Å². The maximum Gasteiger partial charge on any atom is 0.290 e. The van der Waals surface area contributed by atoms with E-state index in [2.05, 4.69) is 36.1 Å². The van der Waals surface area contributed by atoms with E-state index in [-0.39, 0.29) is 17.7 Å². The van der Waals surface area contributed by atoms with E-state index in [1.165, 1.54) is 11.1 Å². The van der Waals surface area contributed by atoms with Gasteiger partial charge < -0.3 is 4.90 Å². The maximum atomic E-state index is 12.7. The Morgan fingerprint density at radius 1 is 1.08 bits per heavy atom. The Hall–Kier alpha value is -1.68. The van der Waals surface area contributed by atoms with Crippen molar-refractivity contribution in [1.29, 1.82) is 0 Å². The minimum Gasteiger partial charge on any atom is -0.331 e. The van der Waals surface area contributed by atoms with Crippen molar-refractivity contribution in [3.63, 3.8) is 0 Å². The molecule has 0 N–H and O–H groups in total. The number of Topliss-reactive ketones (excluding diaryl/α,β-unsaturated/α-hetero) is 1. The van der Waals surface area contributed by atoms with Crippen LogP contribution in [0.4, 0.5) is 0 Å². The highest BCUT2D eigenvalue weighted by atomic mass is 16.2. The number of nitrogens with zero attached hydrogens (tertiary/aromatic N) is 2. The fraction of sp³-hybridized carbons (Fsp3) is 0.600. The zero-order valence-corrected chi connectivity index (χ0v) is 14.6. The Morgan fingerprint density at radius 2 is 1.75 bits per heavy atom. The van der Waals surface area contributed by atoms with E-state index in [9.17, 15) is 9.59 Å². The van der Waals surface area contributed by atoms with Gasteiger partial charge in [-0.2, -0.15) is 0 Å². The molecule has 4 fully saturated rings. The highest BCUT2D eigenvalue weighted by Crippen LogP contribution is 2.46. The Bertz CT molecular complexity index is 646. The number of carbonyl (C=O) groups is 2. The minimum absolute atomic E-state index is 0.224. The lowest BCUT2D eigenvalue weighted by Crippen LogP contribution is -2.61. The van der Waals surface area contributed by atoms with Crippen molar-refractivity contribution in [2.24, 2.45) is 5.92 Å². The first-order valence-corrected chi connectivity index (χ1v) is 9.24. The summed E-state index contributed by atoms with van der Waals surface area (Å²) in [5.74, 6) is 0.391. The van der Waals surface area contributed by atoms with Gasteiger partial charge in [0.15, 0.2) is 0 Å². The third kappa shape index (κ3) is 2.39. The van der Waals surface area contributed by atoms with E-state index in [0.717, 1.165) is 25.9 Å². The van der Waals surface area contributed by atoms with Crippen molar-refractivity contribution in [2.75, 3.05) is 19.6 Å². The fourth-order valence-electron chi connectivity index (χ4n) is 5.07. The van der Waals surface area contributed by atoms with Crippen molar-refractivity contribution < 1.29 is 9.59 Å². The molecular formula is C20H26N2O2. The maximum absolute atomic E-state index is 12.7. The fourth-order valence-corrected chi connectivity index (χ4v) is 5.07. The molecular weight excluding hydrogens is 300 g/mol. The number of hydrogen-bond donors (Lipinski definition) is 0. The van der Waals surface area contributed by atoms with Crippen LogP contribution in [0.1, 0.15) is 43.2 Å². The van der Waals surface area contributed by atoms with E-state index in [1.54, 1.807) is 6.92 Å². The number of fused-ring (bicyclic) bond motifs is 2. The lowest BCUT2D eigenvalue weighted by atomic mass is 9.75. The second-order valence-corrected chi connectivity index (χ2v) is 7.61. The molecule has 0 aromatic heterocycles. The first-order valence-electron chi connectivity index (χ1n) is 9.24. The smallest absolute Gasteiger partial charge is 0.290 e. The molecule has 4 aliphatic heterocycles. The second kappa shape index (κ2) is 5.99. The Balaban J connectivity index is 1.69. The molecule has 24 heavy (non-hydrogen) atoms. The summed E-state index contributed by atoms with van der Waals surface area (Å²) in [4.78, 5) is 29.3. The number of likely N-dealkylation sites (tertiary alicyclic amines) is 1. The summed E-state index contributed by atoms with van der Waals surface area (Å²) in [6.07, 6.45) is 2.62. The van der Waals surface area contributed by atoms with Crippen molar-refractivity contribution in [3.8, 4) is 0 Å². The van der Waals surface area contributed by atoms with Gasteiger partial charge in [0.2, 0.25) is 5.78 Å². The van der Waals surface area contributed by atoms with Gasteiger partial charge >= 0.3 is 0 Å². The summed E-state index contributed by atoms with van der Waals surface area (Å²) in [6.45, 7) is 6.84. The average molecular weight is 326 g/mol. The molecule has 0 radical (unpaired) electrons. The van der Waals surface area contributed by atoms with E-state index < -0.39 is 0 Å². The quantitative estimate of drug-likeness (QED) is 0.801. The largest absolute Gasteiger partial charge is 0.331 e. The Labute approximate surface area is 143 Å². The standard InChI is InChI=1S/C20H26N2O2/c1-3-17(23)20(24)22-12-16(14-6-4-13(2)5-7-14)19-18(22)15-8-10-21(19)11-9-15/h4-7,15-16,18-19H,3,8-12H2,1-2H3/t16-,18-,19-/m0/s1. The second-order valence-electron chi connectivity index (χ2n) is 7.61. The van der Waals surface area contributed by atoms with Gasteiger partial charge in [-0.3, -0.25) is 14.5 Å². The van der Waals surface area contributed by atoms with Gasteiger partial charge in [0, 0.05) is 24.9 Å². The molecule has 2 bridgehead atoms. The third-order valence-electron chi connectivity index (χ3n) is 6.32. The van der Waals surface area contributed by atoms with Crippen molar-refractivity contribution >= 4 is 11.7 Å². The normalized spacial score (nSPS) is 34.2. The molecule has 1 amide bonds. The average Bonchev–Trinajstić information content (AvgIpc) is 3.05. The molecule has 0 spiro atoms. The van der Waals surface area contributed by atoms with Crippen molar-refractivity contribution in [2.45, 2.75) is 51.1 Å². The summed E-state index contributed by atoms with van der Waals surface area (Å²) in [5.41, 5.74) is 2.57. The first kappa shape index (κ1) is 15.8. The van der Waals surface area contributed by atoms with E-state index >= 15 is 0 Å². The number of amides is 1. The molecule has 0 aliphatic carbocycles. The SMILES string of the molecule is CCC(=O)C(=O)N1C[C@@H](c2ccc(C)cc2)[C@H]2[C@@H]1C1CCN2CC1. The Kier molecular flexibility index (Phi) is 3.95. The summed E-state index contributed by atoms with van der Waals surface area (Å²) in [6, 6.07) is 9.33. The van der Waals surface area contributed by atoms with E-state index in [1.807, 2.05) is 4.90 Å². The van der Waals surface area contributed by atoms with Crippen LogP contribution < -0.4 is 0 Å². The van der Waals surface area contributed by atoms with Crippen LogP contribution in [0, 0.1) is 12.8 Å². The monoisotopic (exact) mass is 326 g/mol. The summed E-state index contributed by atoms with van der Waals surface area (Å²) in [5, 5.41) is 0.